The first-order valence-electron chi connectivity index (χ1n) is 7.36. The van der Waals surface area contributed by atoms with E-state index in [2.05, 4.69) is 26.2 Å². The summed E-state index contributed by atoms with van der Waals surface area (Å²) in [4.78, 5) is 30.1. The van der Waals surface area contributed by atoms with Gasteiger partial charge in [-0.25, -0.2) is 0 Å². The number of hydrogen-bond acceptors (Lipinski definition) is 3. The fourth-order valence-corrected chi connectivity index (χ4v) is 2.85. The van der Waals surface area contributed by atoms with Crippen molar-refractivity contribution >= 4 is 33.4 Å². The van der Waals surface area contributed by atoms with Gasteiger partial charge in [0.1, 0.15) is 0 Å². The summed E-state index contributed by atoms with van der Waals surface area (Å²) >= 11 is 3.37. The molecule has 1 aromatic carbocycles. The van der Waals surface area contributed by atoms with Crippen LogP contribution in [0.25, 0.3) is 0 Å². The second-order valence-corrected chi connectivity index (χ2v) is 6.37. The van der Waals surface area contributed by atoms with Gasteiger partial charge in [0.05, 0.1) is 5.92 Å². The maximum Gasteiger partial charge on any atom is 0.227 e. The summed E-state index contributed by atoms with van der Waals surface area (Å²) in [6.45, 7) is 0.868. The van der Waals surface area contributed by atoms with E-state index in [1.54, 1.807) is 17.3 Å². The lowest BCUT2D eigenvalue weighted by molar-refractivity contribution is -0.126. The first kappa shape index (κ1) is 15.7. The molecule has 0 spiro atoms. The summed E-state index contributed by atoms with van der Waals surface area (Å²) < 4.78 is 0.958. The van der Waals surface area contributed by atoms with E-state index in [4.69, 9.17) is 0 Å². The van der Waals surface area contributed by atoms with Gasteiger partial charge in [-0.1, -0.05) is 15.9 Å². The Morgan fingerprint density at radius 3 is 2.61 bits per heavy atom. The van der Waals surface area contributed by atoms with Crippen LogP contribution >= 0.6 is 15.9 Å². The molecule has 118 valence electrons. The number of halogens is 1. The lowest BCUT2D eigenvalue weighted by Gasteiger charge is -2.16. The minimum atomic E-state index is -0.312. The second kappa shape index (κ2) is 6.91. The molecule has 23 heavy (non-hydrogen) atoms. The quantitative estimate of drug-likeness (QED) is 0.895. The summed E-state index contributed by atoms with van der Waals surface area (Å²) in [5.74, 6) is -0.417. The second-order valence-electron chi connectivity index (χ2n) is 5.46. The highest BCUT2D eigenvalue weighted by molar-refractivity contribution is 9.10. The summed E-state index contributed by atoms with van der Waals surface area (Å²) in [7, 11) is 0. The number of nitrogens with one attached hydrogen (secondary N) is 1. The fourth-order valence-electron chi connectivity index (χ4n) is 2.59. The fraction of sp³-hybridized carbons (Fsp3) is 0.235. The molecule has 0 bridgehead atoms. The minimum absolute atomic E-state index is 0.0172. The Bertz CT molecular complexity index is 704. The van der Waals surface area contributed by atoms with Gasteiger partial charge in [-0.05, 0) is 42.0 Å². The van der Waals surface area contributed by atoms with Gasteiger partial charge in [-0.2, -0.15) is 0 Å². The van der Waals surface area contributed by atoms with Crippen LogP contribution in [0.5, 0.6) is 0 Å². The average molecular weight is 374 g/mol. The number of aromatic nitrogens is 1. The van der Waals surface area contributed by atoms with Crippen molar-refractivity contribution in [1.29, 1.82) is 0 Å². The molecule has 0 saturated carbocycles. The first-order valence-corrected chi connectivity index (χ1v) is 8.15. The normalized spacial score (nSPS) is 17.3. The molecule has 0 unspecified atom stereocenters. The zero-order chi connectivity index (χ0) is 16.2. The van der Waals surface area contributed by atoms with E-state index < -0.39 is 0 Å². The molecule has 2 aromatic rings. The molecule has 0 aliphatic carbocycles. The molecule has 6 heteroatoms. The number of pyridine rings is 1. The van der Waals surface area contributed by atoms with E-state index in [1.165, 1.54) is 0 Å². The number of anilines is 1. The van der Waals surface area contributed by atoms with Crippen LogP contribution in [0.4, 0.5) is 5.69 Å². The molecule has 1 N–H and O–H groups in total. The molecule has 3 rings (SSSR count). The average Bonchev–Trinajstić information content (AvgIpc) is 2.96. The lowest BCUT2D eigenvalue weighted by atomic mass is 10.1. The van der Waals surface area contributed by atoms with E-state index in [0.717, 1.165) is 15.7 Å². The van der Waals surface area contributed by atoms with Crippen molar-refractivity contribution in [1.82, 2.24) is 10.3 Å². The predicted octanol–water partition coefficient (Wildman–Crippen LogP) is 2.51. The van der Waals surface area contributed by atoms with Gasteiger partial charge in [-0.3, -0.25) is 14.6 Å². The number of rotatable bonds is 4. The van der Waals surface area contributed by atoms with Crippen molar-refractivity contribution in [3.8, 4) is 0 Å². The van der Waals surface area contributed by atoms with Crippen molar-refractivity contribution in [3.05, 3.63) is 58.8 Å². The highest BCUT2D eigenvalue weighted by atomic mass is 79.9. The highest BCUT2D eigenvalue weighted by Gasteiger charge is 2.34. The molecule has 1 aromatic heterocycles. The Morgan fingerprint density at radius 2 is 1.91 bits per heavy atom. The Hall–Kier alpha value is -2.21. The van der Waals surface area contributed by atoms with Crippen molar-refractivity contribution in [2.24, 2.45) is 5.92 Å². The summed E-state index contributed by atoms with van der Waals surface area (Å²) in [6.07, 6.45) is 3.63. The predicted molar refractivity (Wildman–Crippen MR) is 90.7 cm³/mol. The van der Waals surface area contributed by atoms with E-state index in [0.29, 0.717) is 13.1 Å². The Balaban J connectivity index is 1.60. The third kappa shape index (κ3) is 3.76. The number of carbonyl (C=O) groups is 2. The van der Waals surface area contributed by atoms with Crippen molar-refractivity contribution in [2.75, 3.05) is 11.4 Å². The van der Waals surface area contributed by atoms with Gasteiger partial charge in [0.25, 0.3) is 0 Å². The van der Waals surface area contributed by atoms with Crippen LogP contribution in [0, 0.1) is 5.92 Å². The molecule has 1 saturated heterocycles. The van der Waals surface area contributed by atoms with Crippen LogP contribution < -0.4 is 10.2 Å². The maximum atomic E-state index is 12.3. The molecular formula is C17H16BrN3O2. The molecule has 1 atom stereocenters. The molecule has 1 aliphatic heterocycles. The SMILES string of the molecule is O=C(NCc1ccncc1)[C@H]1CC(=O)N(c2ccc(Br)cc2)C1. The minimum Gasteiger partial charge on any atom is -0.352 e. The Labute approximate surface area is 142 Å². The first-order chi connectivity index (χ1) is 11.1. The molecule has 5 nitrogen and oxygen atoms in total. The number of nitrogens with zero attached hydrogens (tertiary/aromatic N) is 2. The van der Waals surface area contributed by atoms with Gasteiger partial charge >= 0.3 is 0 Å². The molecule has 1 aliphatic rings. The Kier molecular flexibility index (Phi) is 4.71. The lowest BCUT2D eigenvalue weighted by Crippen LogP contribution is -2.32. The zero-order valence-corrected chi connectivity index (χ0v) is 14.0. The Morgan fingerprint density at radius 1 is 1.22 bits per heavy atom. The standard InChI is InChI=1S/C17H16BrN3O2/c18-14-1-3-15(4-2-14)21-11-13(9-16(21)22)17(23)20-10-12-5-7-19-8-6-12/h1-8,13H,9-11H2,(H,20,23)/t13-/m0/s1. The molecular weight excluding hydrogens is 358 g/mol. The molecule has 0 radical (unpaired) electrons. The topological polar surface area (TPSA) is 62.3 Å². The molecule has 2 amide bonds. The molecule has 1 fully saturated rings. The smallest absolute Gasteiger partial charge is 0.227 e. The van der Waals surface area contributed by atoms with Gasteiger partial charge < -0.3 is 10.2 Å². The van der Waals surface area contributed by atoms with Crippen molar-refractivity contribution in [3.63, 3.8) is 0 Å². The largest absolute Gasteiger partial charge is 0.352 e. The van der Waals surface area contributed by atoms with E-state index in [-0.39, 0.29) is 24.2 Å². The van der Waals surface area contributed by atoms with Crippen LogP contribution in [0.3, 0.4) is 0 Å². The van der Waals surface area contributed by atoms with Crippen LogP contribution in [0.2, 0.25) is 0 Å². The van der Waals surface area contributed by atoms with Crippen LogP contribution in [0.15, 0.2) is 53.3 Å². The molecule has 2 heterocycles. The number of amides is 2. The van der Waals surface area contributed by atoms with Gasteiger partial charge in [0, 0.05) is 42.1 Å². The van der Waals surface area contributed by atoms with Crippen LogP contribution in [0.1, 0.15) is 12.0 Å². The van der Waals surface area contributed by atoms with Crippen molar-refractivity contribution in [2.45, 2.75) is 13.0 Å². The van der Waals surface area contributed by atoms with Gasteiger partial charge in [-0.15, -0.1) is 0 Å². The summed E-state index contributed by atoms with van der Waals surface area (Å²) in [5, 5.41) is 2.89. The number of hydrogen-bond donors (Lipinski definition) is 1. The highest BCUT2D eigenvalue weighted by Crippen LogP contribution is 2.26. The van der Waals surface area contributed by atoms with E-state index in [9.17, 15) is 9.59 Å². The maximum absolute atomic E-state index is 12.3. The zero-order valence-electron chi connectivity index (χ0n) is 12.4. The van der Waals surface area contributed by atoms with Crippen LogP contribution in [-0.2, 0) is 16.1 Å². The number of carbonyl (C=O) groups excluding carboxylic acids is 2. The summed E-state index contributed by atoms with van der Waals surface area (Å²) in [5.41, 5.74) is 1.81. The van der Waals surface area contributed by atoms with Gasteiger partial charge in [0.15, 0.2) is 0 Å². The third-order valence-electron chi connectivity index (χ3n) is 3.85. The van der Waals surface area contributed by atoms with E-state index >= 15 is 0 Å². The van der Waals surface area contributed by atoms with Crippen LogP contribution in [-0.4, -0.2) is 23.3 Å². The summed E-state index contributed by atoms with van der Waals surface area (Å²) in [6, 6.07) is 11.2. The monoisotopic (exact) mass is 373 g/mol. The number of benzene rings is 1. The van der Waals surface area contributed by atoms with Gasteiger partial charge in [0.2, 0.25) is 11.8 Å². The third-order valence-corrected chi connectivity index (χ3v) is 4.38. The van der Waals surface area contributed by atoms with Crippen molar-refractivity contribution < 1.29 is 9.59 Å². The van der Waals surface area contributed by atoms with E-state index in [1.807, 2.05) is 36.4 Å².